The van der Waals surface area contributed by atoms with E-state index in [4.69, 9.17) is 0 Å². The second-order valence-corrected chi connectivity index (χ2v) is 21.0. The van der Waals surface area contributed by atoms with Gasteiger partial charge in [0.25, 0.3) is 0 Å². The van der Waals surface area contributed by atoms with Crippen molar-refractivity contribution in [3.63, 3.8) is 0 Å². The summed E-state index contributed by atoms with van der Waals surface area (Å²) < 4.78 is 0. The van der Waals surface area contributed by atoms with Crippen LogP contribution < -0.4 is 5.32 Å². The van der Waals surface area contributed by atoms with Gasteiger partial charge in [-0.1, -0.05) is 328 Å². The molecule has 0 radical (unpaired) electrons. The molecule has 0 heterocycles. The van der Waals surface area contributed by atoms with Crippen LogP contribution in [-0.2, 0) is 4.79 Å². The smallest absolute Gasteiger partial charge is 0.222 e. The topological polar surface area (TPSA) is 89.8 Å². The van der Waals surface area contributed by atoms with Gasteiger partial charge >= 0.3 is 0 Å². The summed E-state index contributed by atoms with van der Waals surface area (Å²) in [6.07, 6.45) is 67.1. The van der Waals surface area contributed by atoms with E-state index in [1.165, 1.54) is 289 Å². The molecule has 0 aliphatic rings. The third-order valence-corrected chi connectivity index (χ3v) is 14.4. The first-order chi connectivity index (χ1) is 31.5. The van der Waals surface area contributed by atoms with Crippen molar-refractivity contribution in [1.29, 1.82) is 0 Å². The van der Waals surface area contributed by atoms with Gasteiger partial charge in [-0.3, -0.25) is 4.79 Å². The highest BCUT2D eigenvalue weighted by molar-refractivity contribution is 5.76. The minimum atomic E-state index is -0.745. The molecule has 64 heavy (non-hydrogen) atoms. The zero-order valence-electron chi connectivity index (χ0n) is 44.0. The summed E-state index contributed by atoms with van der Waals surface area (Å²) in [4.78, 5) is 12.5. The van der Waals surface area contributed by atoms with Crippen molar-refractivity contribution in [2.45, 2.75) is 366 Å². The summed E-state index contributed by atoms with van der Waals surface area (Å²) in [5.74, 6) is -0.274. The molecule has 3 unspecified atom stereocenters. The summed E-state index contributed by atoms with van der Waals surface area (Å²) in [6.45, 7) is 4.31. The zero-order chi connectivity index (χ0) is 46.5. The van der Waals surface area contributed by atoms with Gasteiger partial charge in [0, 0.05) is 0 Å². The molecule has 384 valence electrons. The Morgan fingerprint density at radius 2 is 0.531 bits per heavy atom. The molecule has 5 nitrogen and oxygen atoms in total. The first kappa shape index (κ1) is 63.4. The second kappa shape index (κ2) is 55.0. The minimum absolute atomic E-state index is 0.0436. The van der Waals surface area contributed by atoms with Gasteiger partial charge in [0.2, 0.25) is 5.91 Å². The third kappa shape index (κ3) is 50.8. The zero-order valence-corrected chi connectivity index (χ0v) is 44.0. The molecule has 0 spiro atoms. The van der Waals surface area contributed by atoms with Crippen LogP contribution in [0.1, 0.15) is 348 Å². The Morgan fingerprint density at radius 3 is 0.750 bits per heavy atom. The van der Waals surface area contributed by atoms with Crippen LogP contribution in [0.4, 0.5) is 0 Å². The van der Waals surface area contributed by atoms with Crippen LogP contribution in [0.3, 0.4) is 0 Å². The Hall–Kier alpha value is -0.650. The van der Waals surface area contributed by atoms with Crippen molar-refractivity contribution in [2.24, 2.45) is 0 Å². The highest BCUT2D eigenvalue weighted by Crippen LogP contribution is 2.19. The van der Waals surface area contributed by atoms with Crippen LogP contribution in [0.15, 0.2) is 0 Å². The first-order valence-corrected chi connectivity index (χ1v) is 29.8. The number of hydrogen-bond acceptors (Lipinski definition) is 4. The second-order valence-electron chi connectivity index (χ2n) is 21.0. The number of amides is 1. The van der Waals surface area contributed by atoms with Gasteiger partial charge in [0.1, 0.15) is 0 Å². The molecule has 0 aromatic heterocycles. The number of rotatable bonds is 56. The SMILES string of the molecule is CCCCCCCCCCCCCCCCCCCCCCCCCCCCCCCCCCCC(O)CC(=O)NC(CO)C(O)CCCCCCCCCCCCCCCCCC. The minimum Gasteiger partial charge on any atom is -0.394 e. The normalized spacial score (nSPS) is 13.1. The fraction of sp³-hybridized carbons (Fsp3) is 0.983. The van der Waals surface area contributed by atoms with Gasteiger partial charge < -0.3 is 20.6 Å². The summed E-state index contributed by atoms with van der Waals surface area (Å²) in [5.41, 5.74) is 0. The van der Waals surface area contributed by atoms with E-state index in [2.05, 4.69) is 19.2 Å². The predicted molar refractivity (Wildman–Crippen MR) is 282 cm³/mol. The van der Waals surface area contributed by atoms with Crippen molar-refractivity contribution in [3.05, 3.63) is 0 Å². The molecular weight excluding hydrogens is 787 g/mol. The molecule has 0 saturated carbocycles. The van der Waals surface area contributed by atoms with Crippen molar-refractivity contribution in [3.8, 4) is 0 Å². The van der Waals surface area contributed by atoms with E-state index < -0.39 is 18.2 Å². The lowest BCUT2D eigenvalue weighted by molar-refractivity contribution is -0.125. The summed E-state index contributed by atoms with van der Waals surface area (Å²) >= 11 is 0. The Balaban J connectivity index is 3.42. The fourth-order valence-corrected chi connectivity index (χ4v) is 9.88. The van der Waals surface area contributed by atoms with Crippen LogP contribution in [-0.4, -0.2) is 46.1 Å². The Labute approximate surface area is 402 Å². The van der Waals surface area contributed by atoms with Gasteiger partial charge in [-0.15, -0.1) is 0 Å². The number of carbonyl (C=O) groups is 1. The predicted octanol–water partition coefficient (Wildman–Crippen LogP) is 18.5. The van der Waals surface area contributed by atoms with E-state index in [0.29, 0.717) is 12.8 Å². The molecule has 0 saturated heterocycles. The summed E-state index contributed by atoms with van der Waals surface area (Å²) in [5, 5.41) is 33.6. The average molecular weight is 907 g/mol. The van der Waals surface area contributed by atoms with Crippen molar-refractivity contribution in [1.82, 2.24) is 5.32 Å². The number of carbonyl (C=O) groups excluding carboxylic acids is 1. The maximum Gasteiger partial charge on any atom is 0.222 e. The number of aliphatic hydroxyl groups is 3. The maximum atomic E-state index is 12.5. The number of aliphatic hydroxyl groups excluding tert-OH is 3. The molecule has 0 aliphatic heterocycles. The summed E-state index contributed by atoms with van der Waals surface area (Å²) in [7, 11) is 0. The van der Waals surface area contributed by atoms with Crippen LogP contribution >= 0.6 is 0 Å². The summed E-state index contributed by atoms with van der Waals surface area (Å²) in [6, 6.07) is -0.654. The molecular formula is C59H119NO4. The molecule has 4 N–H and O–H groups in total. The molecule has 0 aliphatic carbocycles. The van der Waals surface area contributed by atoms with E-state index in [0.717, 1.165) is 25.7 Å². The largest absolute Gasteiger partial charge is 0.394 e. The third-order valence-electron chi connectivity index (χ3n) is 14.4. The van der Waals surface area contributed by atoms with Crippen molar-refractivity contribution in [2.75, 3.05) is 6.61 Å². The molecule has 0 rings (SSSR count). The van der Waals surface area contributed by atoms with E-state index in [9.17, 15) is 20.1 Å². The van der Waals surface area contributed by atoms with Gasteiger partial charge in [-0.05, 0) is 12.8 Å². The van der Waals surface area contributed by atoms with Crippen LogP contribution in [0.2, 0.25) is 0 Å². The van der Waals surface area contributed by atoms with E-state index >= 15 is 0 Å². The number of unbranched alkanes of at least 4 members (excludes halogenated alkanes) is 47. The lowest BCUT2D eigenvalue weighted by Gasteiger charge is -2.23. The van der Waals surface area contributed by atoms with Crippen LogP contribution in [0.25, 0.3) is 0 Å². The Kier molecular flexibility index (Phi) is 54.4. The highest BCUT2D eigenvalue weighted by atomic mass is 16.3. The lowest BCUT2D eigenvalue weighted by Crippen LogP contribution is -2.46. The van der Waals surface area contributed by atoms with E-state index in [1.807, 2.05) is 0 Å². The molecule has 0 aromatic rings. The van der Waals surface area contributed by atoms with Crippen molar-refractivity contribution < 1.29 is 20.1 Å². The quantitative estimate of drug-likeness (QED) is 0.0458. The number of nitrogens with one attached hydrogen (secondary N) is 1. The van der Waals surface area contributed by atoms with E-state index in [1.54, 1.807) is 0 Å². The number of hydrogen-bond donors (Lipinski definition) is 4. The van der Waals surface area contributed by atoms with Crippen molar-refractivity contribution >= 4 is 5.91 Å². The Morgan fingerprint density at radius 1 is 0.328 bits per heavy atom. The van der Waals surface area contributed by atoms with Crippen LogP contribution in [0, 0.1) is 0 Å². The van der Waals surface area contributed by atoms with Gasteiger partial charge in [-0.2, -0.15) is 0 Å². The van der Waals surface area contributed by atoms with Gasteiger partial charge in [0.15, 0.2) is 0 Å². The average Bonchev–Trinajstić information content (AvgIpc) is 3.29. The first-order valence-electron chi connectivity index (χ1n) is 29.8. The maximum absolute atomic E-state index is 12.5. The van der Waals surface area contributed by atoms with Gasteiger partial charge in [-0.25, -0.2) is 0 Å². The van der Waals surface area contributed by atoms with Gasteiger partial charge in [0.05, 0.1) is 31.3 Å². The Bertz CT molecular complexity index is 868. The molecule has 0 bridgehead atoms. The molecule has 0 fully saturated rings. The fourth-order valence-electron chi connectivity index (χ4n) is 9.88. The lowest BCUT2D eigenvalue weighted by atomic mass is 10.0. The monoisotopic (exact) mass is 906 g/mol. The molecule has 1 amide bonds. The highest BCUT2D eigenvalue weighted by Gasteiger charge is 2.21. The standard InChI is InChI=1S/C59H119NO4/c1-3-5-7-9-11-13-15-17-19-21-22-23-24-25-26-27-28-29-30-31-32-33-34-35-36-37-38-40-42-44-46-48-50-52-56(62)54-59(64)60-57(55-61)58(63)53-51-49-47-45-43-41-39-20-18-16-14-12-10-8-6-4-2/h56-58,61-63H,3-55H2,1-2H3,(H,60,64). The molecule has 3 atom stereocenters. The molecule has 0 aromatic carbocycles. The van der Waals surface area contributed by atoms with Crippen LogP contribution in [0.5, 0.6) is 0 Å². The molecule has 5 heteroatoms. The van der Waals surface area contributed by atoms with E-state index in [-0.39, 0.29) is 18.9 Å².